The molecule has 0 spiro atoms. The molecule has 1 N–H and O–H groups in total. The number of rotatable bonds is 6. The van der Waals surface area contributed by atoms with Crippen LogP contribution < -0.4 is 5.32 Å². The van der Waals surface area contributed by atoms with Gasteiger partial charge in [-0.3, -0.25) is 0 Å². The highest BCUT2D eigenvalue weighted by Crippen LogP contribution is 2.23. The van der Waals surface area contributed by atoms with Gasteiger partial charge in [-0.15, -0.1) is 0 Å². The molecule has 0 aliphatic heterocycles. The zero-order valence-corrected chi connectivity index (χ0v) is 12.7. The van der Waals surface area contributed by atoms with E-state index >= 15 is 0 Å². The van der Waals surface area contributed by atoms with Gasteiger partial charge in [0.2, 0.25) is 0 Å². The Bertz CT molecular complexity index is 356. The molecule has 0 fully saturated rings. The van der Waals surface area contributed by atoms with Gasteiger partial charge in [-0.05, 0) is 53.4 Å². The molecular weight excluding hydrogens is 220 g/mol. The molecule has 0 aliphatic carbocycles. The molecule has 0 bridgehead atoms. The largest absolute Gasteiger partial charge is 0.315 e. The fourth-order valence-electron chi connectivity index (χ4n) is 2.47. The maximum atomic E-state index is 3.50. The van der Waals surface area contributed by atoms with E-state index in [1.165, 1.54) is 11.1 Å². The molecule has 0 saturated carbocycles. The first-order valence-electron chi connectivity index (χ1n) is 6.84. The Morgan fingerprint density at radius 1 is 1.22 bits per heavy atom. The van der Waals surface area contributed by atoms with Crippen molar-refractivity contribution in [2.45, 2.75) is 45.2 Å². The van der Waals surface area contributed by atoms with Gasteiger partial charge in [0.15, 0.2) is 0 Å². The average Bonchev–Trinajstić information content (AvgIpc) is 2.37. The molecule has 102 valence electrons. The van der Waals surface area contributed by atoms with Crippen molar-refractivity contribution in [2.24, 2.45) is 0 Å². The minimum absolute atomic E-state index is 0.180. The first-order valence-corrected chi connectivity index (χ1v) is 6.84. The second-order valence-electron chi connectivity index (χ2n) is 5.64. The van der Waals surface area contributed by atoms with Crippen molar-refractivity contribution in [2.75, 3.05) is 21.1 Å². The summed E-state index contributed by atoms with van der Waals surface area (Å²) < 4.78 is 0. The summed E-state index contributed by atoms with van der Waals surface area (Å²) in [6.45, 7) is 6.73. The van der Waals surface area contributed by atoms with Crippen LogP contribution in [0.5, 0.6) is 0 Å². The minimum atomic E-state index is 0.180. The third-order valence-corrected chi connectivity index (χ3v) is 4.40. The number of nitrogens with zero attached hydrogens (tertiary/aromatic N) is 1. The van der Waals surface area contributed by atoms with Crippen LogP contribution in [-0.2, 0) is 6.42 Å². The summed E-state index contributed by atoms with van der Waals surface area (Å²) in [4.78, 5) is 2.34. The van der Waals surface area contributed by atoms with Crippen LogP contribution in [0.1, 0.15) is 31.4 Å². The monoisotopic (exact) mass is 248 g/mol. The van der Waals surface area contributed by atoms with E-state index in [9.17, 15) is 0 Å². The Morgan fingerprint density at radius 3 is 2.17 bits per heavy atom. The maximum absolute atomic E-state index is 3.50. The molecule has 0 heterocycles. The molecular formula is C16H28N2. The van der Waals surface area contributed by atoms with Gasteiger partial charge in [0.25, 0.3) is 0 Å². The molecule has 2 atom stereocenters. The van der Waals surface area contributed by atoms with E-state index in [2.05, 4.69) is 76.4 Å². The van der Waals surface area contributed by atoms with Gasteiger partial charge >= 0.3 is 0 Å². The summed E-state index contributed by atoms with van der Waals surface area (Å²) in [6, 6.07) is 9.33. The molecule has 1 aromatic carbocycles. The maximum Gasteiger partial charge on any atom is 0.0328 e. The third kappa shape index (κ3) is 3.33. The Kier molecular flexibility index (Phi) is 5.36. The molecule has 2 heteroatoms. The molecule has 0 aliphatic rings. The van der Waals surface area contributed by atoms with Crippen LogP contribution in [0, 0.1) is 6.92 Å². The minimum Gasteiger partial charge on any atom is -0.315 e. The zero-order valence-electron chi connectivity index (χ0n) is 12.7. The van der Waals surface area contributed by atoms with Crippen molar-refractivity contribution in [3.8, 4) is 0 Å². The zero-order chi connectivity index (χ0) is 13.8. The fourth-order valence-corrected chi connectivity index (χ4v) is 2.47. The Morgan fingerprint density at radius 2 is 1.78 bits per heavy atom. The highest BCUT2D eigenvalue weighted by molar-refractivity contribution is 5.23. The molecule has 0 aromatic heterocycles. The van der Waals surface area contributed by atoms with Crippen LogP contribution in [0.25, 0.3) is 0 Å². The van der Waals surface area contributed by atoms with Crippen LogP contribution in [-0.4, -0.2) is 37.6 Å². The van der Waals surface area contributed by atoms with E-state index in [1.54, 1.807) is 0 Å². The van der Waals surface area contributed by atoms with Crippen LogP contribution in [0.15, 0.2) is 24.3 Å². The van der Waals surface area contributed by atoms with Crippen molar-refractivity contribution in [1.29, 1.82) is 0 Å². The highest BCUT2D eigenvalue weighted by atomic mass is 15.2. The van der Waals surface area contributed by atoms with E-state index in [4.69, 9.17) is 0 Å². The van der Waals surface area contributed by atoms with Gasteiger partial charge in [-0.25, -0.2) is 0 Å². The van der Waals surface area contributed by atoms with Crippen molar-refractivity contribution < 1.29 is 0 Å². The van der Waals surface area contributed by atoms with Gasteiger partial charge in [0, 0.05) is 11.6 Å². The molecule has 2 nitrogen and oxygen atoms in total. The van der Waals surface area contributed by atoms with Crippen LogP contribution >= 0.6 is 0 Å². The molecule has 0 saturated heterocycles. The lowest BCUT2D eigenvalue weighted by Gasteiger charge is -2.42. The predicted octanol–water partition coefficient (Wildman–Crippen LogP) is 2.86. The number of benzene rings is 1. The van der Waals surface area contributed by atoms with Crippen molar-refractivity contribution in [3.05, 3.63) is 35.4 Å². The number of nitrogens with one attached hydrogen (secondary N) is 1. The highest BCUT2D eigenvalue weighted by Gasteiger charge is 2.33. The Hall–Kier alpha value is -0.860. The van der Waals surface area contributed by atoms with E-state index in [-0.39, 0.29) is 5.54 Å². The number of hydrogen-bond donors (Lipinski definition) is 1. The van der Waals surface area contributed by atoms with E-state index in [0.717, 1.165) is 12.8 Å². The van der Waals surface area contributed by atoms with Crippen LogP contribution in [0.4, 0.5) is 0 Å². The second kappa shape index (κ2) is 6.35. The van der Waals surface area contributed by atoms with E-state index in [1.807, 2.05) is 0 Å². The van der Waals surface area contributed by atoms with Crippen molar-refractivity contribution in [3.63, 3.8) is 0 Å². The number of hydrogen-bond acceptors (Lipinski definition) is 2. The van der Waals surface area contributed by atoms with Gasteiger partial charge in [0.05, 0.1) is 0 Å². The molecule has 18 heavy (non-hydrogen) atoms. The summed E-state index contributed by atoms with van der Waals surface area (Å²) >= 11 is 0. The summed E-state index contributed by atoms with van der Waals surface area (Å²) in [5.41, 5.74) is 2.91. The number of aryl methyl sites for hydroxylation is 1. The molecule has 1 rings (SSSR count). The second-order valence-corrected chi connectivity index (χ2v) is 5.64. The smallest absolute Gasteiger partial charge is 0.0328 e. The molecule has 0 amide bonds. The molecule has 0 radical (unpaired) electrons. The Labute approximate surface area is 112 Å². The van der Waals surface area contributed by atoms with Gasteiger partial charge in [-0.1, -0.05) is 36.8 Å². The lowest BCUT2D eigenvalue weighted by atomic mass is 9.84. The summed E-state index contributed by atoms with van der Waals surface area (Å²) in [6.07, 6.45) is 2.21. The lowest BCUT2D eigenvalue weighted by Crippen LogP contribution is -2.56. The van der Waals surface area contributed by atoms with Gasteiger partial charge < -0.3 is 10.2 Å². The number of likely N-dealkylation sites (N-methyl/N-ethyl adjacent to an activating group) is 2. The van der Waals surface area contributed by atoms with Crippen LogP contribution in [0.3, 0.4) is 0 Å². The molecule has 1 aromatic rings. The average molecular weight is 248 g/mol. The first-order chi connectivity index (χ1) is 8.43. The quantitative estimate of drug-likeness (QED) is 0.833. The SMILES string of the molecule is CCC(C)(C(Cc1ccc(C)cc1)NC)N(C)C. The normalized spacial score (nSPS) is 16.6. The Balaban J connectivity index is 2.87. The van der Waals surface area contributed by atoms with Crippen LogP contribution in [0.2, 0.25) is 0 Å². The van der Waals surface area contributed by atoms with Gasteiger partial charge in [0.1, 0.15) is 0 Å². The summed E-state index contributed by atoms with van der Waals surface area (Å²) in [5, 5.41) is 3.50. The van der Waals surface area contributed by atoms with Gasteiger partial charge in [-0.2, -0.15) is 0 Å². The van der Waals surface area contributed by atoms with E-state index in [0.29, 0.717) is 6.04 Å². The van der Waals surface area contributed by atoms with Crippen molar-refractivity contribution in [1.82, 2.24) is 10.2 Å². The molecule has 2 unspecified atom stereocenters. The fraction of sp³-hybridized carbons (Fsp3) is 0.625. The standard InChI is InChI=1S/C16H28N2/c1-7-16(3,18(5)6)15(17-4)12-14-10-8-13(2)9-11-14/h8-11,15,17H,7,12H2,1-6H3. The third-order valence-electron chi connectivity index (χ3n) is 4.40. The topological polar surface area (TPSA) is 15.3 Å². The van der Waals surface area contributed by atoms with Crippen molar-refractivity contribution >= 4 is 0 Å². The summed E-state index contributed by atoms with van der Waals surface area (Å²) in [7, 11) is 6.40. The lowest BCUT2D eigenvalue weighted by molar-refractivity contribution is 0.116. The first kappa shape index (κ1) is 15.2. The summed E-state index contributed by atoms with van der Waals surface area (Å²) in [5.74, 6) is 0. The van der Waals surface area contributed by atoms with E-state index < -0.39 is 0 Å². The predicted molar refractivity (Wildman–Crippen MR) is 80.1 cm³/mol.